The molecule has 3 nitrogen and oxygen atoms in total. The normalized spacial score (nSPS) is 14.4. The first-order chi connectivity index (χ1) is 7.00. The quantitative estimate of drug-likeness (QED) is 0.787. The summed E-state index contributed by atoms with van der Waals surface area (Å²) in [6.07, 6.45) is 0. The molecule has 0 saturated carbocycles. The minimum Gasteiger partial charge on any atom is -0.348 e. The number of amides is 1. The van der Waals surface area contributed by atoms with Gasteiger partial charge in [0.05, 0.1) is 12.1 Å². The highest BCUT2D eigenvalue weighted by atomic mass is 16.2. The fourth-order valence-corrected chi connectivity index (χ4v) is 1.37. The van der Waals surface area contributed by atoms with Crippen LogP contribution >= 0.6 is 0 Å². The summed E-state index contributed by atoms with van der Waals surface area (Å²) in [4.78, 5) is 11.4. The first kappa shape index (κ1) is 11.7. The van der Waals surface area contributed by atoms with E-state index in [1.807, 2.05) is 32.0 Å². The average Bonchev–Trinajstić information content (AvgIpc) is 2.17. The minimum atomic E-state index is -0.461. The number of hydrogen-bond acceptors (Lipinski definition) is 2. The Hall–Kier alpha value is -1.35. The van der Waals surface area contributed by atoms with Gasteiger partial charge in [0, 0.05) is 0 Å². The molecule has 0 fully saturated rings. The van der Waals surface area contributed by atoms with Crippen molar-refractivity contribution in [1.29, 1.82) is 0 Å². The van der Waals surface area contributed by atoms with E-state index in [0.717, 1.165) is 5.56 Å². The molecule has 0 radical (unpaired) electrons. The van der Waals surface area contributed by atoms with Crippen molar-refractivity contribution in [2.24, 2.45) is 5.73 Å². The molecule has 1 aromatic carbocycles. The summed E-state index contributed by atoms with van der Waals surface area (Å²) in [7, 11) is 0. The van der Waals surface area contributed by atoms with Gasteiger partial charge in [-0.15, -0.1) is 0 Å². The fraction of sp³-hybridized carbons (Fsp3) is 0.417. The van der Waals surface area contributed by atoms with Gasteiger partial charge < -0.3 is 11.1 Å². The molecule has 0 heterocycles. The van der Waals surface area contributed by atoms with Gasteiger partial charge in [-0.1, -0.05) is 29.8 Å². The Kier molecular flexibility index (Phi) is 3.86. The van der Waals surface area contributed by atoms with E-state index >= 15 is 0 Å². The molecule has 0 saturated heterocycles. The number of nitrogens with one attached hydrogen (secondary N) is 1. The van der Waals surface area contributed by atoms with Crippen LogP contribution in [0.1, 0.15) is 31.0 Å². The monoisotopic (exact) mass is 206 g/mol. The molecule has 0 bridgehead atoms. The van der Waals surface area contributed by atoms with Crippen molar-refractivity contribution < 1.29 is 4.79 Å². The zero-order valence-electron chi connectivity index (χ0n) is 9.45. The first-order valence-corrected chi connectivity index (χ1v) is 5.13. The third kappa shape index (κ3) is 3.36. The maximum Gasteiger partial charge on any atom is 0.237 e. The lowest BCUT2D eigenvalue weighted by Crippen LogP contribution is -2.39. The van der Waals surface area contributed by atoms with Crippen molar-refractivity contribution >= 4 is 5.91 Å². The van der Waals surface area contributed by atoms with Gasteiger partial charge in [0.1, 0.15) is 0 Å². The van der Waals surface area contributed by atoms with E-state index in [1.165, 1.54) is 5.56 Å². The third-order valence-electron chi connectivity index (χ3n) is 2.31. The molecule has 0 aliphatic carbocycles. The lowest BCUT2D eigenvalue weighted by Gasteiger charge is -2.16. The molecule has 3 N–H and O–H groups in total. The highest BCUT2D eigenvalue weighted by Gasteiger charge is 2.12. The molecular formula is C12H18N2O. The third-order valence-corrected chi connectivity index (χ3v) is 2.31. The summed E-state index contributed by atoms with van der Waals surface area (Å²) in [5.74, 6) is -0.121. The standard InChI is InChI=1S/C12H18N2O/c1-8-5-4-6-11(7-8)10(3)14-12(15)9(2)13/h4-7,9-10H,13H2,1-3H3,(H,14,15)/t9-,10-/m0/s1. The van der Waals surface area contributed by atoms with E-state index in [9.17, 15) is 4.79 Å². The molecule has 0 aliphatic rings. The topological polar surface area (TPSA) is 55.1 Å². The van der Waals surface area contributed by atoms with E-state index < -0.39 is 6.04 Å². The SMILES string of the molecule is Cc1cccc([C@H](C)NC(=O)[C@H](C)N)c1. The Bertz CT molecular complexity index is 347. The molecule has 1 aromatic rings. The molecule has 3 heteroatoms. The maximum atomic E-state index is 11.4. The van der Waals surface area contributed by atoms with Crippen LogP contribution in [0.15, 0.2) is 24.3 Å². The van der Waals surface area contributed by atoms with Crippen LogP contribution in [0.2, 0.25) is 0 Å². The van der Waals surface area contributed by atoms with Crippen LogP contribution in [0.4, 0.5) is 0 Å². The summed E-state index contributed by atoms with van der Waals surface area (Å²) < 4.78 is 0. The van der Waals surface area contributed by atoms with Crippen LogP contribution in [0.3, 0.4) is 0 Å². The van der Waals surface area contributed by atoms with Gasteiger partial charge in [0.15, 0.2) is 0 Å². The van der Waals surface area contributed by atoms with E-state index in [0.29, 0.717) is 0 Å². The molecule has 0 aliphatic heterocycles. The second-order valence-corrected chi connectivity index (χ2v) is 3.93. The zero-order valence-corrected chi connectivity index (χ0v) is 9.45. The number of hydrogen-bond donors (Lipinski definition) is 2. The Balaban J connectivity index is 2.69. The number of aryl methyl sites for hydroxylation is 1. The van der Waals surface area contributed by atoms with Crippen molar-refractivity contribution in [3.8, 4) is 0 Å². The fourth-order valence-electron chi connectivity index (χ4n) is 1.37. The first-order valence-electron chi connectivity index (χ1n) is 5.13. The highest BCUT2D eigenvalue weighted by molar-refractivity contribution is 5.81. The number of carbonyl (C=O) groups excluding carboxylic acids is 1. The molecule has 0 unspecified atom stereocenters. The van der Waals surface area contributed by atoms with Crippen molar-refractivity contribution in [3.63, 3.8) is 0 Å². The molecular weight excluding hydrogens is 188 g/mol. The van der Waals surface area contributed by atoms with Crippen LogP contribution < -0.4 is 11.1 Å². The Labute approximate surface area is 90.7 Å². The van der Waals surface area contributed by atoms with E-state index in [-0.39, 0.29) is 11.9 Å². The summed E-state index contributed by atoms with van der Waals surface area (Å²) >= 11 is 0. The van der Waals surface area contributed by atoms with Gasteiger partial charge in [0.2, 0.25) is 5.91 Å². The minimum absolute atomic E-state index is 0.00315. The summed E-state index contributed by atoms with van der Waals surface area (Å²) in [5.41, 5.74) is 7.77. The van der Waals surface area contributed by atoms with Crippen LogP contribution in [0, 0.1) is 6.92 Å². The van der Waals surface area contributed by atoms with Gasteiger partial charge >= 0.3 is 0 Å². The smallest absolute Gasteiger partial charge is 0.237 e. The molecule has 15 heavy (non-hydrogen) atoms. The van der Waals surface area contributed by atoms with Gasteiger partial charge in [-0.3, -0.25) is 4.79 Å². The Morgan fingerprint density at radius 1 is 1.40 bits per heavy atom. The largest absolute Gasteiger partial charge is 0.348 e. The molecule has 1 amide bonds. The van der Waals surface area contributed by atoms with Crippen LogP contribution in [0.5, 0.6) is 0 Å². The molecule has 0 aromatic heterocycles. The summed E-state index contributed by atoms with van der Waals surface area (Å²) in [6.45, 7) is 5.66. The number of benzene rings is 1. The van der Waals surface area contributed by atoms with Gasteiger partial charge in [0.25, 0.3) is 0 Å². The molecule has 0 spiro atoms. The predicted octanol–water partition coefficient (Wildman–Crippen LogP) is 1.52. The Morgan fingerprint density at radius 3 is 2.60 bits per heavy atom. The van der Waals surface area contributed by atoms with E-state index in [1.54, 1.807) is 6.92 Å². The summed E-state index contributed by atoms with van der Waals surface area (Å²) in [6, 6.07) is 7.62. The molecule has 2 atom stereocenters. The second kappa shape index (κ2) is 4.94. The van der Waals surface area contributed by atoms with Crippen LogP contribution in [-0.4, -0.2) is 11.9 Å². The van der Waals surface area contributed by atoms with Crippen molar-refractivity contribution in [2.45, 2.75) is 32.9 Å². The van der Waals surface area contributed by atoms with Gasteiger partial charge in [-0.05, 0) is 26.3 Å². The van der Waals surface area contributed by atoms with E-state index in [4.69, 9.17) is 5.73 Å². The molecule has 1 rings (SSSR count). The van der Waals surface area contributed by atoms with Crippen molar-refractivity contribution in [2.75, 3.05) is 0 Å². The average molecular weight is 206 g/mol. The Morgan fingerprint density at radius 2 is 2.07 bits per heavy atom. The lowest BCUT2D eigenvalue weighted by atomic mass is 10.1. The second-order valence-electron chi connectivity index (χ2n) is 3.93. The number of carbonyl (C=O) groups is 1. The van der Waals surface area contributed by atoms with Crippen molar-refractivity contribution in [3.05, 3.63) is 35.4 Å². The predicted molar refractivity (Wildman–Crippen MR) is 61.4 cm³/mol. The van der Waals surface area contributed by atoms with E-state index in [2.05, 4.69) is 11.4 Å². The maximum absolute atomic E-state index is 11.4. The van der Waals surface area contributed by atoms with Gasteiger partial charge in [-0.25, -0.2) is 0 Å². The van der Waals surface area contributed by atoms with Crippen LogP contribution in [0.25, 0.3) is 0 Å². The molecule has 82 valence electrons. The van der Waals surface area contributed by atoms with Gasteiger partial charge in [-0.2, -0.15) is 0 Å². The number of rotatable bonds is 3. The van der Waals surface area contributed by atoms with Crippen molar-refractivity contribution in [1.82, 2.24) is 5.32 Å². The number of nitrogens with two attached hydrogens (primary N) is 1. The highest BCUT2D eigenvalue weighted by Crippen LogP contribution is 2.13. The lowest BCUT2D eigenvalue weighted by molar-refractivity contribution is -0.122. The van der Waals surface area contributed by atoms with Crippen LogP contribution in [-0.2, 0) is 4.79 Å². The summed E-state index contributed by atoms with van der Waals surface area (Å²) in [5, 5.41) is 2.86. The zero-order chi connectivity index (χ0) is 11.4.